The topological polar surface area (TPSA) is 60.9 Å². The van der Waals surface area contributed by atoms with Crippen LogP contribution in [0.4, 0.5) is 18.9 Å². The highest BCUT2D eigenvalue weighted by molar-refractivity contribution is 6.33. The van der Waals surface area contributed by atoms with Crippen LogP contribution < -0.4 is 4.90 Å². The number of halogens is 4. The number of hydrogen-bond acceptors (Lipinski definition) is 3. The molecule has 0 N–H and O–H groups in total. The van der Waals surface area contributed by atoms with Gasteiger partial charge in [0.25, 0.3) is 5.91 Å². The van der Waals surface area contributed by atoms with Gasteiger partial charge in [-0.3, -0.25) is 14.4 Å². The van der Waals surface area contributed by atoms with E-state index in [9.17, 15) is 27.6 Å². The van der Waals surface area contributed by atoms with Crippen LogP contribution in [0.5, 0.6) is 0 Å². The van der Waals surface area contributed by atoms with Gasteiger partial charge in [-0.2, -0.15) is 0 Å². The molecular formula is C22H19ClF3N3O3. The van der Waals surface area contributed by atoms with E-state index in [0.717, 1.165) is 24.3 Å². The Balaban J connectivity index is 1.37. The van der Waals surface area contributed by atoms with Crippen LogP contribution in [0.25, 0.3) is 0 Å². The highest BCUT2D eigenvalue weighted by Crippen LogP contribution is 2.28. The van der Waals surface area contributed by atoms with Crippen molar-refractivity contribution < 1.29 is 27.6 Å². The lowest BCUT2D eigenvalue weighted by Crippen LogP contribution is -2.52. The Morgan fingerprint density at radius 1 is 0.875 bits per heavy atom. The fourth-order valence-corrected chi connectivity index (χ4v) is 4.29. The molecule has 0 aromatic heterocycles. The van der Waals surface area contributed by atoms with Crippen LogP contribution >= 0.6 is 11.6 Å². The van der Waals surface area contributed by atoms with E-state index in [0.29, 0.717) is 6.07 Å². The monoisotopic (exact) mass is 465 g/mol. The van der Waals surface area contributed by atoms with Gasteiger partial charge < -0.3 is 14.7 Å². The van der Waals surface area contributed by atoms with Gasteiger partial charge in [-0.05, 0) is 30.3 Å². The van der Waals surface area contributed by atoms with Gasteiger partial charge in [0.05, 0.1) is 16.5 Å². The van der Waals surface area contributed by atoms with Crippen LogP contribution in [-0.2, 0) is 9.59 Å². The van der Waals surface area contributed by atoms with Crippen molar-refractivity contribution in [3.8, 4) is 0 Å². The minimum Gasteiger partial charge on any atom is -0.339 e. The molecule has 4 rings (SSSR count). The van der Waals surface area contributed by atoms with Crippen molar-refractivity contribution in [1.82, 2.24) is 9.80 Å². The quantitative estimate of drug-likeness (QED) is 0.700. The third kappa shape index (κ3) is 4.43. The van der Waals surface area contributed by atoms with Gasteiger partial charge in [0.2, 0.25) is 11.8 Å². The van der Waals surface area contributed by atoms with Crippen LogP contribution in [0, 0.1) is 23.4 Å². The van der Waals surface area contributed by atoms with E-state index in [4.69, 9.17) is 11.6 Å². The Bertz CT molecular complexity index is 1070. The molecule has 2 aliphatic rings. The number of carbonyl (C=O) groups is 3. The molecule has 0 aliphatic carbocycles. The van der Waals surface area contributed by atoms with Crippen molar-refractivity contribution >= 4 is 35.0 Å². The molecule has 1 atom stereocenters. The summed E-state index contributed by atoms with van der Waals surface area (Å²) in [6.07, 6.45) is -0.0543. The number of piperazine rings is 1. The van der Waals surface area contributed by atoms with Crippen LogP contribution in [0.3, 0.4) is 0 Å². The second kappa shape index (κ2) is 8.82. The molecule has 2 saturated heterocycles. The Labute approximate surface area is 187 Å². The summed E-state index contributed by atoms with van der Waals surface area (Å²) in [5.74, 6) is -3.75. The molecule has 0 saturated carbocycles. The number of rotatable bonds is 3. The van der Waals surface area contributed by atoms with Crippen molar-refractivity contribution in [2.24, 2.45) is 5.92 Å². The number of anilines is 1. The fraction of sp³-hybridized carbons (Fsp3) is 0.318. The number of nitrogens with zero attached hydrogens (tertiary/aromatic N) is 3. The van der Waals surface area contributed by atoms with Gasteiger partial charge in [-0.15, -0.1) is 0 Å². The third-order valence-electron chi connectivity index (χ3n) is 5.67. The number of carbonyl (C=O) groups excluding carboxylic acids is 3. The van der Waals surface area contributed by atoms with Crippen LogP contribution in [0.1, 0.15) is 16.8 Å². The van der Waals surface area contributed by atoms with Crippen molar-refractivity contribution in [2.75, 3.05) is 37.6 Å². The lowest BCUT2D eigenvalue weighted by Gasteiger charge is -2.36. The normalized spacial score (nSPS) is 18.9. The molecule has 2 aromatic rings. The molecule has 10 heteroatoms. The molecule has 0 spiro atoms. The van der Waals surface area contributed by atoms with Crippen molar-refractivity contribution in [3.63, 3.8) is 0 Å². The maximum absolute atomic E-state index is 13.5. The lowest BCUT2D eigenvalue weighted by atomic mass is 10.1. The van der Waals surface area contributed by atoms with E-state index in [2.05, 4.69) is 0 Å². The summed E-state index contributed by atoms with van der Waals surface area (Å²) in [4.78, 5) is 42.3. The van der Waals surface area contributed by atoms with E-state index in [1.54, 1.807) is 4.90 Å². The summed E-state index contributed by atoms with van der Waals surface area (Å²) in [6.45, 7) is 1.09. The van der Waals surface area contributed by atoms with Gasteiger partial charge in [0.1, 0.15) is 17.5 Å². The molecule has 2 fully saturated rings. The van der Waals surface area contributed by atoms with Gasteiger partial charge in [0, 0.05) is 50.9 Å². The Kier molecular flexibility index (Phi) is 6.10. The molecule has 3 amide bonds. The first-order valence-electron chi connectivity index (χ1n) is 10.0. The average Bonchev–Trinajstić information content (AvgIpc) is 3.14. The second-order valence-electron chi connectivity index (χ2n) is 7.77. The standard InChI is InChI=1S/C22H19ClF3N3O3/c23-19-11-14(24)1-2-18(19)22(32)28-5-3-27(4-6-28)21(31)13-7-20(30)29(12-13)17-9-15(25)8-16(26)10-17/h1-2,8-11,13H,3-7,12H2. The molecule has 2 aliphatic heterocycles. The third-order valence-corrected chi connectivity index (χ3v) is 5.99. The zero-order chi connectivity index (χ0) is 23.0. The number of benzene rings is 2. The van der Waals surface area contributed by atoms with E-state index < -0.39 is 23.4 Å². The summed E-state index contributed by atoms with van der Waals surface area (Å²) in [6, 6.07) is 6.38. The summed E-state index contributed by atoms with van der Waals surface area (Å²) in [7, 11) is 0. The van der Waals surface area contributed by atoms with Crippen molar-refractivity contribution in [1.29, 1.82) is 0 Å². The molecule has 1 unspecified atom stereocenters. The van der Waals surface area contributed by atoms with Crippen molar-refractivity contribution in [2.45, 2.75) is 6.42 Å². The molecule has 0 radical (unpaired) electrons. The Morgan fingerprint density at radius 3 is 2.12 bits per heavy atom. The van der Waals surface area contributed by atoms with E-state index >= 15 is 0 Å². The Morgan fingerprint density at radius 2 is 1.50 bits per heavy atom. The van der Waals surface area contributed by atoms with E-state index in [1.807, 2.05) is 0 Å². The first-order chi connectivity index (χ1) is 15.2. The number of amides is 3. The number of hydrogen-bond donors (Lipinski definition) is 0. The summed E-state index contributed by atoms with van der Waals surface area (Å²) >= 11 is 5.97. The summed E-state index contributed by atoms with van der Waals surface area (Å²) in [5, 5.41) is 0.0202. The molecule has 2 aromatic carbocycles. The molecule has 32 heavy (non-hydrogen) atoms. The molecule has 0 bridgehead atoms. The predicted molar refractivity (Wildman–Crippen MR) is 111 cm³/mol. The fourth-order valence-electron chi connectivity index (χ4n) is 4.04. The zero-order valence-corrected chi connectivity index (χ0v) is 17.6. The first-order valence-corrected chi connectivity index (χ1v) is 10.4. The summed E-state index contributed by atoms with van der Waals surface area (Å²) < 4.78 is 40.3. The minimum atomic E-state index is -0.801. The average molecular weight is 466 g/mol. The van der Waals surface area contributed by atoms with Gasteiger partial charge in [-0.25, -0.2) is 13.2 Å². The largest absolute Gasteiger partial charge is 0.339 e. The van der Waals surface area contributed by atoms with Gasteiger partial charge in [0.15, 0.2) is 0 Å². The zero-order valence-electron chi connectivity index (χ0n) is 16.9. The highest BCUT2D eigenvalue weighted by Gasteiger charge is 2.38. The highest BCUT2D eigenvalue weighted by atomic mass is 35.5. The summed E-state index contributed by atoms with van der Waals surface area (Å²) in [5.41, 5.74) is 0.265. The van der Waals surface area contributed by atoms with E-state index in [-0.39, 0.29) is 73.1 Å². The van der Waals surface area contributed by atoms with Crippen LogP contribution in [0.15, 0.2) is 36.4 Å². The smallest absolute Gasteiger partial charge is 0.255 e. The van der Waals surface area contributed by atoms with Crippen LogP contribution in [0.2, 0.25) is 5.02 Å². The second-order valence-corrected chi connectivity index (χ2v) is 8.18. The SMILES string of the molecule is O=C(c1ccc(F)cc1Cl)N1CCN(C(=O)C2CC(=O)N(c3cc(F)cc(F)c3)C2)CC1. The molecule has 2 heterocycles. The Hall–Kier alpha value is -3.07. The first kappa shape index (κ1) is 22.1. The van der Waals surface area contributed by atoms with Crippen molar-refractivity contribution in [3.05, 3.63) is 64.4 Å². The molecule has 6 nitrogen and oxygen atoms in total. The maximum atomic E-state index is 13.5. The minimum absolute atomic E-state index is 0.0202. The maximum Gasteiger partial charge on any atom is 0.255 e. The van der Waals surface area contributed by atoms with Gasteiger partial charge >= 0.3 is 0 Å². The predicted octanol–water partition coefficient (Wildman–Crippen LogP) is 3.09. The molecule has 168 valence electrons. The van der Waals surface area contributed by atoms with Gasteiger partial charge in [-0.1, -0.05) is 11.6 Å². The van der Waals surface area contributed by atoms with E-state index in [1.165, 1.54) is 15.9 Å². The molecular weight excluding hydrogens is 447 g/mol. The van der Waals surface area contributed by atoms with Crippen LogP contribution in [-0.4, -0.2) is 60.2 Å². The lowest BCUT2D eigenvalue weighted by molar-refractivity contribution is -0.137.